The van der Waals surface area contributed by atoms with Crippen molar-refractivity contribution in [1.29, 1.82) is 0 Å². The van der Waals surface area contributed by atoms with E-state index in [1.165, 1.54) is 18.4 Å². The highest BCUT2D eigenvalue weighted by molar-refractivity contribution is 5.41. The van der Waals surface area contributed by atoms with Crippen LogP contribution in [-0.4, -0.2) is 31.6 Å². The number of rotatable bonds is 5. The molecule has 0 aliphatic heterocycles. The molecule has 3 N–H and O–H groups in total. The fraction of sp³-hybridized carbons (Fsp3) is 0.625. The van der Waals surface area contributed by atoms with Gasteiger partial charge in [-0.25, -0.2) is 0 Å². The van der Waals surface area contributed by atoms with Crippen LogP contribution in [0, 0.1) is 6.92 Å². The number of aryl methyl sites for hydroxylation is 1. The van der Waals surface area contributed by atoms with Gasteiger partial charge in [-0.2, -0.15) is 0 Å². The van der Waals surface area contributed by atoms with Crippen LogP contribution in [0.4, 0.5) is 0 Å². The molecule has 0 saturated heterocycles. The van der Waals surface area contributed by atoms with E-state index >= 15 is 0 Å². The third-order valence-electron chi connectivity index (χ3n) is 4.76. The zero-order valence-corrected chi connectivity index (χ0v) is 13.1. The minimum atomic E-state index is 0.0653. The first-order chi connectivity index (χ1) is 9.55. The Hall–Kier alpha value is -1.10. The number of nitrogens with two attached hydrogens (primary N) is 1. The van der Waals surface area contributed by atoms with Gasteiger partial charge in [-0.3, -0.25) is 11.3 Å². The number of benzene rings is 1. The topological polar surface area (TPSA) is 50.5 Å². The summed E-state index contributed by atoms with van der Waals surface area (Å²) in [6, 6.07) is 6.38. The van der Waals surface area contributed by atoms with Gasteiger partial charge in [-0.15, -0.1) is 0 Å². The minimum Gasteiger partial charge on any atom is -0.496 e. The molecule has 0 aromatic heterocycles. The first-order valence-corrected chi connectivity index (χ1v) is 7.33. The van der Waals surface area contributed by atoms with E-state index in [0.29, 0.717) is 0 Å². The van der Waals surface area contributed by atoms with Gasteiger partial charge in [0, 0.05) is 11.1 Å². The fourth-order valence-electron chi connectivity index (χ4n) is 3.60. The lowest BCUT2D eigenvalue weighted by Crippen LogP contribution is -2.53. The fourth-order valence-corrected chi connectivity index (χ4v) is 3.60. The average Bonchev–Trinajstić information content (AvgIpc) is 2.91. The van der Waals surface area contributed by atoms with Gasteiger partial charge in [0.1, 0.15) is 5.75 Å². The Labute approximate surface area is 122 Å². The second kappa shape index (κ2) is 6.12. The van der Waals surface area contributed by atoms with E-state index in [1.807, 2.05) is 6.07 Å². The van der Waals surface area contributed by atoms with Crippen molar-refractivity contribution in [3.8, 4) is 5.75 Å². The Morgan fingerprint density at radius 1 is 1.30 bits per heavy atom. The third kappa shape index (κ3) is 2.55. The number of likely N-dealkylation sites (N-methyl/N-ethyl adjacent to an activating group) is 1. The van der Waals surface area contributed by atoms with Crippen molar-refractivity contribution >= 4 is 0 Å². The van der Waals surface area contributed by atoms with Crippen LogP contribution in [0.15, 0.2) is 18.2 Å². The Kier molecular flexibility index (Phi) is 4.68. The predicted molar refractivity (Wildman–Crippen MR) is 82.7 cm³/mol. The van der Waals surface area contributed by atoms with Crippen LogP contribution >= 0.6 is 0 Å². The number of hydrazine groups is 1. The van der Waals surface area contributed by atoms with Crippen molar-refractivity contribution in [2.24, 2.45) is 5.84 Å². The summed E-state index contributed by atoms with van der Waals surface area (Å²) in [6.07, 6.45) is 4.83. The molecule has 1 unspecified atom stereocenters. The van der Waals surface area contributed by atoms with Gasteiger partial charge in [0.25, 0.3) is 0 Å². The molecule has 1 fully saturated rings. The zero-order chi connectivity index (χ0) is 14.8. The van der Waals surface area contributed by atoms with Gasteiger partial charge in [-0.1, -0.05) is 30.5 Å². The molecular formula is C16H27N3O. The molecule has 1 aromatic carbocycles. The van der Waals surface area contributed by atoms with Crippen LogP contribution in [-0.2, 0) is 0 Å². The summed E-state index contributed by atoms with van der Waals surface area (Å²) in [5.41, 5.74) is 5.52. The Morgan fingerprint density at radius 3 is 2.45 bits per heavy atom. The molecule has 4 heteroatoms. The van der Waals surface area contributed by atoms with Crippen molar-refractivity contribution in [3.63, 3.8) is 0 Å². The standard InChI is InChI=1S/C16H27N3O/c1-12-7-8-14(20-4)13(11-12)15(18-17)16(19(2)3)9-5-6-10-16/h7-8,11,15,18H,5-6,9-10,17H2,1-4H3. The highest BCUT2D eigenvalue weighted by atomic mass is 16.5. The molecule has 0 radical (unpaired) electrons. The number of hydrogen-bond donors (Lipinski definition) is 2. The van der Waals surface area contributed by atoms with E-state index in [1.54, 1.807) is 7.11 Å². The maximum atomic E-state index is 5.95. The summed E-state index contributed by atoms with van der Waals surface area (Å²) in [7, 11) is 6.02. The molecule has 20 heavy (non-hydrogen) atoms. The normalized spacial score (nSPS) is 19.3. The lowest BCUT2D eigenvalue weighted by Gasteiger charge is -2.43. The quantitative estimate of drug-likeness (QED) is 0.641. The van der Waals surface area contributed by atoms with Crippen LogP contribution in [0.25, 0.3) is 0 Å². The van der Waals surface area contributed by atoms with Crippen LogP contribution in [0.3, 0.4) is 0 Å². The van der Waals surface area contributed by atoms with Gasteiger partial charge >= 0.3 is 0 Å². The minimum absolute atomic E-state index is 0.0653. The lowest BCUT2D eigenvalue weighted by atomic mass is 9.82. The second-order valence-corrected chi connectivity index (χ2v) is 6.05. The monoisotopic (exact) mass is 277 g/mol. The van der Waals surface area contributed by atoms with Gasteiger partial charge in [0.15, 0.2) is 0 Å². The van der Waals surface area contributed by atoms with Crippen molar-refractivity contribution < 1.29 is 4.74 Å². The zero-order valence-electron chi connectivity index (χ0n) is 13.1. The number of nitrogens with one attached hydrogen (secondary N) is 1. The summed E-state index contributed by atoms with van der Waals surface area (Å²) in [5, 5.41) is 0. The van der Waals surface area contributed by atoms with Crippen LogP contribution in [0.2, 0.25) is 0 Å². The van der Waals surface area contributed by atoms with E-state index in [2.05, 4.69) is 43.5 Å². The maximum absolute atomic E-state index is 5.95. The molecule has 0 amide bonds. The Bertz CT molecular complexity index is 453. The molecule has 0 bridgehead atoms. The molecule has 0 spiro atoms. The summed E-state index contributed by atoms with van der Waals surface area (Å²) < 4.78 is 5.55. The van der Waals surface area contributed by atoms with Crippen LogP contribution in [0.5, 0.6) is 5.75 Å². The highest BCUT2D eigenvalue weighted by Gasteiger charge is 2.44. The van der Waals surface area contributed by atoms with Crippen LogP contribution < -0.4 is 16.0 Å². The molecule has 1 saturated carbocycles. The molecule has 1 aliphatic carbocycles. The molecule has 1 aromatic rings. The van der Waals surface area contributed by atoms with Gasteiger partial charge in [0.2, 0.25) is 0 Å². The van der Waals surface area contributed by atoms with E-state index in [9.17, 15) is 0 Å². The summed E-state index contributed by atoms with van der Waals surface area (Å²) >= 11 is 0. The molecular weight excluding hydrogens is 250 g/mol. The van der Waals surface area contributed by atoms with Gasteiger partial charge in [-0.05, 0) is 39.9 Å². The number of hydrogen-bond acceptors (Lipinski definition) is 4. The summed E-state index contributed by atoms with van der Waals surface area (Å²) in [5.74, 6) is 6.86. The molecule has 0 heterocycles. The Balaban J connectivity index is 2.48. The van der Waals surface area contributed by atoms with Crippen molar-refractivity contribution in [2.75, 3.05) is 21.2 Å². The third-order valence-corrected chi connectivity index (χ3v) is 4.76. The summed E-state index contributed by atoms with van der Waals surface area (Å²) in [6.45, 7) is 2.10. The molecule has 112 valence electrons. The molecule has 1 atom stereocenters. The van der Waals surface area contributed by atoms with Gasteiger partial charge in [0.05, 0.1) is 13.2 Å². The molecule has 1 aliphatic rings. The smallest absolute Gasteiger partial charge is 0.123 e. The first kappa shape index (κ1) is 15.3. The number of ether oxygens (including phenoxy) is 1. The highest BCUT2D eigenvalue weighted by Crippen LogP contribution is 2.45. The maximum Gasteiger partial charge on any atom is 0.123 e. The average molecular weight is 277 g/mol. The summed E-state index contributed by atoms with van der Waals surface area (Å²) in [4.78, 5) is 2.33. The SMILES string of the molecule is COc1ccc(C)cc1C(NN)C1(N(C)C)CCCC1. The van der Waals surface area contributed by atoms with E-state index in [-0.39, 0.29) is 11.6 Å². The van der Waals surface area contributed by atoms with Crippen molar-refractivity contribution in [1.82, 2.24) is 10.3 Å². The van der Waals surface area contributed by atoms with Crippen LogP contribution in [0.1, 0.15) is 42.9 Å². The first-order valence-electron chi connectivity index (χ1n) is 7.33. The Morgan fingerprint density at radius 2 is 1.95 bits per heavy atom. The number of nitrogens with zero attached hydrogens (tertiary/aromatic N) is 1. The van der Waals surface area contributed by atoms with E-state index < -0.39 is 0 Å². The predicted octanol–water partition coefficient (Wildman–Crippen LogP) is 2.38. The second-order valence-electron chi connectivity index (χ2n) is 6.05. The van der Waals surface area contributed by atoms with E-state index in [0.717, 1.165) is 24.2 Å². The lowest BCUT2D eigenvalue weighted by molar-refractivity contribution is 0.103. The van der Waals surface area contributed by atoms with E-state index in [4.69, 9.17) is 10.6 Å². The molecule has 2 rings (SSSR count). The molecule has 4 nitrogen and oxygen atoms in total. The van der Waals surface area contributed by atoms with Crippen molar-refractivity contribution in [3.05, 3.63) is 29.3 Å². The van der Waals surface area contributed by atoms with Gasteiger partial charge < -0.3 is 9.64 Å². The van der Waals surface area contributed by atoms with Crippen molar-refractivity contribution in [2.45, 2.75) is 44.2 Å². The largest absolute Gasteiger partial charge is 0.496 e. The number of methoxy groups -OCH3 is 1.